The third-order valence-electron chi connectivity index (χ3n) is 4.02. The van der Waals surface area contributed by atoms with Crippen molar-refractivity contribution >= 4 is 0 Å². The molecule has 0 radical (unpaired) electrons. The van der Waals surface area contributed by atoms with Gasteiger partial charge in [-0.2, -0.15) is 0 Å². The maximum absolute atomic E-state index is 2.46. The lowest BCUT2D eigenvalue weighted by molar-refractivity contribution is -0.901. The number of likely N-dealkylation sites (tertiary alicyclic amines) is 1. The Labute approximate surface area is 83.5 Å². The Bertz CT molecular complexity index is 160. The maximum Gasteiger partial charge on any atom is 0.0823 e. The molecule has 1 heteroatoms. The second-order valence-corrected chi connectivity index (χ2v) is 5.82. The van der Waals surface area contributed by atoms with E-state index in [0.717, 1.165) is 0 Å². The molecule has 0 bridgehead atoms. The Hall–Kier alpha value is -0.0400. The molecule has 1 heterocycles. The molecule has 1 fully saturated rings. The molecular formula is C12H26N+. The van der Waals surface area contributed by atoms with Crippen molar-refractivity contribution in [2.45, 2.75) is 47.0 Å². The Balaban J connectivity index is 2.73. The number of hydrogen-bond acceptors (Lipinski definition) is 0. The van der Waals surface area contributed by atoms with Crippen LogP contribution in [0.4, 0.5) is 0 Å². The molecule has 2 unspecified atom stereocenters. The molecule has 0 spiro atoms. The zero-order valence-corrected chi connectivity index (χ0v) is 10.0. The minimum atomic E-state index is 0.590. The van der Waals surface area contributed by atoms with Crippen molar-refractivity contribution in [1.82, 2.24) is 0 Å². The predicted molar refractivity (Wildman–Crippen MR) is 58.0 cm³/mol. The van der Waals surface area contributed by atoms with Crippen molar-refractivity contribution in [3.63, 3.8) is 0 Å². The van der Waals surface area contributed by atoms with Crippen molar-refractivity contribution < 1.29 is 4.90 Å². The molecule has 1 aliphatic rings. The molecule has 13 heavy (non-hydrogen) atoms. The van der Waals surface area contributed by atoms with Gasteiger partial charge in [0, 0.05) is 10.8 Å². The molecule has 0 aromatic rings. The van der Waals surface area contributed by atoms with E-state index >= 15 is 0 Å². The van der Waals surface area contributed by atoms with Gasteiger partial charge in [-0.05, 0) is 19.3 Å². The van der Waals surface area contributed by atoms with Crippen LogP contribution in [-0.4, -0.2) is 20.1 Å². The Morgan fingerprint density at radius 3 is 1.69 bits per heavy atom. The van der Waals surface area contributed by atoms with Crippen LogP contribution < -0.4 is 4.90 Å². The van der Waals surface area contributed by atoms with E-state index < -0.39 is 0 Å². The van der Waals surface area contributed by atoms with Crippen LogP contribution in [0.1, 0.15) is 47.0 Å². The van der Waals surface area contributed by atoms with E-state index in [0.29, 0.717) is 10.8 Å². The standard InChI is InChI=1S/C12H25N/c1-6-11(3)8-12(4,7-2)10-13(5)9-11/h6-10H2,1-5H3/p+1. The maximum atomic E-state index is 2.46. The topological polar surface area (TPSA) is 4.44 Å². The molecule has 1 N–H and O–H groups in total. The first-order valence-corrected chi connectivity index (χ1v) is 5.74. The minimum Gasteiger partial charge on any atom is -0.336 e. The van der Waals surface area contributed by atoms with Gasteiger partial charge in [0.2, 0.25) is 0 Å². The van der Waals surface area contributed by atoms with Gasteiger partial charge in [-0.25, -0.2) is 0 Å². The van der Waals surface area contributed by atoms with Crippen LogP contribution in [0.15, 0.2) is 0 Å². The molecule has 0 aliphatic carbocycles. The molecule has 2 atom stereocenters. The highest BCUT2D eigenvalue weighted by Crippen LogP contribution is 2.39. The van der Waals surface area contributed by atoms with Crippen LogP contribution in [0.3, 0.4) is 0 Å². The quantitative estimate of drug-likeness (QED) is 0.667. The Kier molecular flexibility index (Phi) is 3.06. The van der Waals surface area contributed by atoms with E-state index in [2.05, 4.69) is 34.7 Å². The number of nitrogens with one attached hydrogen (secondary N) is 1. The van der Waals surface area contributed by atoms with Gasteiger partial charge in [-0.1, -0.05) is 27.7 Å². The van der Waals surface area contributed by atoms with E-state index in [9.17, 15) is 0 Å². The normalized spacial score (nSPS) is 46.4. The molecule has 1 rings (SSSR count). The van der Waals surface area contributed by atoms with E-state index in [1.807, 2.05) is 0 Å². The first-order valence-electron chi connectivity index (χ1n) is 5.74. The summed E-state index contributed by atoms with van der Waals surface area (Å²) in [6.07, 6.45) is 4.09. The van der Waals surface area contributed by atoms with Crippen molar-refractivity contribution in [3.8, 4) is 0 Å². The SMILES string of the molecule is CCC1(C)C[NH+](C)CC(C)(CC)C1. The first-order chi connectivity index (χ1) is 5.93. The Morgan fingerprint density at radius 2 is 1.38 bits per heavy atom. The molecule has 0 amide bonds. The monoisotopic (exact) mass is 184 g/mol. The minimum absolute atomic E-state index is 0.590. The summed E-state index contributed by atoms with van der Waals surface area (Å²) >= 11 is 0. The summed E-state index contributed by atoms with van der Waals surface area (Å²) < 4.78 is 0. The van der Waals surface area contributed by atoms with E-state index in [1.54, 1.807) is 4.90 Å². The van der Waals surface area contributed by atoms with Crippen molar-refractivity contribution in [2.24, 2.45) is 10.8 Å². The molecule has 0 aromatic carbocycles. The predicted octanol–water partition coefficient (Wildman–Crippen LogP) is 1.74. The van der Waals surface area contributed by atoms with Gasteiger partial charge in [0.1, 0.15) is 0 Å². The summed E-state index contributed by atoms with van der Waals surface area (Å²) in [6, 6.07) is 0. The summed E-state index contributed by atoms with van der Waals surface area (Å²) in [7, 11) is 2.35. The zero-order valence-electron chi connectivity index (χ0n) is 10.0. The van der Waals surface area contributed by atoms with Crippen LogP contribution in [0, 0.1) is 10.8 Å². The van der Waals surface area contributed by atoms with Crippen molar-refractivity contribution in [3.05, 3.63) is 0 Å². The molecule has 78 valence electrons. The average Bonchev–Trinajstić information content (AvgIpc) is 2.02. The highest BCUT2D eigenvalue weighted by atomic mass is 15.1. The smallest absolute Gasteiger partial charge is 0.0823 e. The average molecular weight is 184 g/mol. The zero-order chi connectivity index (χ0) is 10.1. The van der Waals surface area contributed by atoms with Crippen LogP contribution in [0.25, 0.3) is 0 Å². The van der Waals surface area contributed by atoms with E-state index in [1.165, 1.54) is 32.4 Å². The van der Waals surface area contributed by atoms with Crippen LogP contribution in [0.5, 0.6) is 0 Å². The van der Waals surface area contributed by atoms with Gasteiger partial charge in [0.15, 0.2) is 0 Å². The van der Waals surface area contributed by atoms with Gasteiger partial charge in [0.05, 0.1) is 20.1 Å². The third-order valence-corrected chi connectivity index (χ3v) is 4.02. The summed E-state index contributed by atoms with van der Waals surface area (Å²) in [4.78, 5) is 1.72. The van der Waals surface area contributed by atoms with Gasteiger partial charge in [0.25, 0.3) is 0 Å². The number of hydrogen-bond donors (Lipinski definition) is 1. The lowest BCUT2D eigenvalue weighted by atomic mass is 9.67. The lowest BCUT2D eigenvalue weighted by Crippen LogP contribution is -3.13. The number of quaternary nitrogens is 1. The van der Waals surface area contributed by atoms with Crippen LogP contribution in [-0.2, 0) is 0 Å². The number of piperidine rings is 1. The fourth-order valence-electron chi connectivity index (χ4n) is 3.17. The van der Waals surface area contributed by atoms with Gasteiger partial charge in [-0.15, -0.1) is 0 Å². The van der Waals surface area contributed by atoms with E-state index in [4.69, 9.17) is 0 Å². The second-order valence-electron chi connectivity index (χ2n) is 5.82. The van der Waals surface area contributed by atoms with E-state index in [-0.39, 0.29) is 0 Å². The fraction of sp³-hybridized carbons (Fsp3) is 1.00. The fourth-order valence-corrected chi connectivity index (χ4v) is 3.17. The summed E-state index contributed by atoms with van der Waals surface area (Å²) in [5.41, 5.74) is 1.18. The lowest BCUT2D eigenvalue weighted by Gasteiger charge is -2.45. The van der Waals surface area contributed by atoms with Crippen LogP contribution >= 0.6 is 0 Å². The van der Waals surface area contributed by atoms with Crippen molar-refractivity contribution in [2.75, 3.05) is 20.1 Å². The Morgan fingerprint density at radius 1 is 1.00 bits per heavy atom. The molecule has 1 saturated heterocycles. The molecule has 0 aromatic heterocycles. The highest BCUT2D eigenvalue weighted by molar-refractivity contribution is 4.85. The summed E-state index contributed by atoms with van der Waals surface area (Å²) in [5.74, 6) is 0. The first kappa shape index (κ1) is 11.0. The van der Waals surface area contributed by atoms with Gasteiger partial charge in [-0.3, -0.25) is 0 Å². The largest absolute Gasteiger partial charge is 0.336 e. The molecular weight excluding hydrogens is 158 g/mol. The van der Waals surface area contributed by atoms with Crippen LogP contribution in [0.2, 0.25) is 0 Å². The summed E-state index contributed by atoms with van der Waals surface area (Å²) in [5, 5.41) is 0. The van der Waals surface area contributed by atoms with Gasteiger partial charge >= 0.3 is 0 Å². The molecule has 1 aliphatic heterocycles. The second kappa shape index (κ2) is 3.61. The molecule has 1 nitrogen and oxygen atoms in total. The highest BCUT2D eigenvalue weighted by Gasteiger charge is 2.42. The van der Waals surface area contributed by atoms with Gasteiger partial charge < -0.3 is 4.90 Å². The molecule has 0 saturated carbocycles. The summed E-state index contributed by atoms with van der Waals surface area (Å²) in [6.45, 7) is 12.3. The number of rotatable bonds is 2. The van der Waals surface area contributed by atoms with Crippen molar-refractivity contribution in [1.29, 1.82) is 0 Å². The third kappa shape index (κ3) is 2.46.